The van der Waals surface area contributed by atoms with Crippen LogP contribution in [-0.2, 0) is 16.1 Å². The number of carbonyl (C=O) groups is 1. The van der Waals surface area contributed by atoms with Crippen molar-refractivity contribution in [2.45, 2.75) is 39.7 Å². The van der Waals surface area contributed by atoms with E-state index in [1.807, 2.05) is 30.8 Å². The highest BCUT2D eigenvalue weighted by Crippen LogP contribution is 1.92. The molecule has 23 heavy (non-hydrogen) atoms. The topological polar surface area (TPSA) is 80.5 Å². The number of hydrogen-bond acceptors (Lipinski definition) is 4. The van der Waals surface area contributed by atoms with Crippen molar-refractivity contribution in [1.82, 2.24) is 20.4 Å². The van der Waals surface area contributed by atoms with E-state index in [9.17, 15) is 4.79 Å². The van der Waals surface area contributed by atoms with Crippen molar-refractivity contribution < 1.29 is 9.53 Å². The second-order valence-electron chi connectivity index (χ2n) is 4.72. The molecule has 0 saturated carbocycles. The zero-order chi connectivity index (χ0) is 16.0. The molecule has 7 nitrogen and oxygen atoms in total. The van der Waals surface area contributed by atoms with Crippen molar-refractivity contribution in [2.24, 2.45) is 4.99 Å². The van der Waals surface area contributed by atoms with Crippen LogP contribution in [0.5, 0.6) is 0 Å². The average Bonchev–Trinajstić information content (AvgIpc) is 3.01. The summed E-state index contributed by atoms with van der Waals surface area (Å²) in [5, 5.41) is 10.6. The van der Waals surface area contributed by atoms with Crippen molar-refractivity contribution in [1.29, 1.82) is 0 Å². The summed E-state index contributed by atoms with van der Waals surface area (Å²) in [5.74, 6) is 0.636. The second kappa shape index (κ2) is 14.3. The Hall–Kier alpha value is -1.32. The number of rotatable bonds is 10. The Bertz CT molecular complexity index is 437. The molecule has 2 N–H and O–H groups in total. The minimum Gasteiger partial charge on any atom is -0.466 e. The van der Waals surface area contributed by atoms with E-state index in [0.29, 0.717) is 19.6 Å². The monoisotopic (exact) mass is 437 g/mol. The summed E-state index contributed by atoms with van der Waals surface area (Å²) in [6.45, 7) is 7.38. The second-order valence-corrected chi connectivity index (χ2v) is 4.72. The quantitative estimate of drug-likeness (QED) is 0.192. The van der Waals surface area contributed by atoms with Crippen LogP contribution in [0.1, 0.15) is 33.1 Å². The van der Waals surface area contributed by atoms with E-state index in [2.05, 4.69) is 20.7 Å². The van der Waals surface area contributed by atoms with E-state index in [1.54, 1.807) is 6.20 Å². The molecule has 0 bridgehead atoms. The molecular formula is C15H28IN5O2. The molecule has 0 aliphatic heterocycles. The van der Waals surface area contributed by atoms with Crippen molar-refractivity contribution in [3.63, 3.8) is 0 Å². The predicted octanol–water partition coefficient (Wildman–Crippen LogP) is 1.79. The highest BCUT2D eigenvalue weighted by molar-refractivity contribution is 14.0. The van der Waals surface area contributed by atoms with Gasteiger partial charge in [-0.3, -0.25) is 14.5 Å². The van der Waals surface area contributed by atoms with Crippen LogP contribution >= 0.6 is 24.0 Å². The Balaban J connectivity index is 0.00000484. The van der Waals surface area contributed by atoms with Crippen LogP contribution in [0.4, 0.5) is 0 Å². The van der Waals surface area contributed by atoms with Gasteiger partial charge in [-0.05, 0) is 32.8 Å². The van der Waals surface area contributed by atoms with Crippen LogP contribution in [0.2, 0.25) is 0 Å². The molecule has 8 heteroatoms. The summed E-state index contributed by atoms with van der Waals surface area (Å²) in [5.41, 5.74) is 0. The van der Waals surface area contributed by atoms with E-state index in [4.69, 9.17) is 4.74 Å². The molecule has 0 radical (unpaired) electrons. The Morgan fingerprint density at radius 1 is 1.30 bits per heavy atom. The number of aliphatic imine (C=N–C) groups is 1. The molecule has 1 rings (SSSR count). The van der Waals surface area contributed by atoms with Gasteiger partial charge in [0.05, 0.1) is 6.61 Å². The van der Waals surface area contributed by atoms with E-state index in [0.717, 1.165) is 38.4 Å². The molecule has 1 heterocycles. The molecule has 0 aromatic carbocycles. The maximum Gasteiger partial charge on any atom is 0.305 e. The Kier molecular flexibility index (Phi) is 13.5. The normalized spacial score (nSPS) is 10.8. The third-order valence-corrected chi connectivity index (χ3v) is 2.87. The van der Waals surface area contributed by atoms with Gasteiger partial charge in [0.25, 0.3) is 0 Å². The Morgan fingerprint density at radius 2 is 2.13 bits per heavy atom. The SMILES string of the molecule is CCNC(=NCCCn1cccn1)NCCCC(=O)OCC.I. The molecule has 0 atom stereocenters. The molecule has 0 unspecified atom stereocenters. The summed E-state index contributed by atoms with van der Waals surface area (Å²) >= 11 is 0. The first-order chi connectivity index (χ1) is 10.8. The van der Waals surface area contributed by atoms with Crippen molar-refractivity contribution in [3.8, 4) is 0 Å². The lowest BCUT2D eigenvalue weighted by Gasteiger charge is -2.11. The maximum absolute atomic E-state index is 11.2. The minimum atomic E-state index is -0.148. The lowest BCUT2D eigenvalue weighted by atomic mass is 10.3. The van der Waals surface area contributed by atoms with Gasteiger partial charge in [-0.15, -0.1) is 24.0 Å². The van der Waals surface area contributed by atoms with E-state index in [-0.39, 0.29) is 29.9 Å². The van der Waals surface area contributed by atoms with Crippen LogP contribution in [0.25, 0.3) is 0 Å². The first kappa shape index (κ1) is 21.7. The smallest absolute Gasteiger partial charge is 0.305 e. The lowest BCUT2D eigenvalue weighted by Crippen LogP contribution is -2.38. The molecule has 0 fully saturated rings. The molecule has 0 aliphatic rings. The average molecular weight is 437 g/mol. The molecule has 1 aromatic heterocycles. The molecule has 0 saturated heterocycles. The maximum atomic E-state index is 11.2. The summed E-state index contributed by atoms with van der Waals surface area (Å²) in [6.07, 6.45) is 5.82. The molecule has 0 aliphatic carbocycles. The first-order valence-electron chi connectivity index (χ1n) is 7.91. The van der Waals surface area contributed by atoms with Crippen LogP contribution in [0.3, 0.4) is 0 Å². The molecule has 1 aromatic rings. The summed E-state index contributed by atoms with van der Waals surface area (Å²) in [4.78, 5) is 15.7. The molecule has 132 valence electrons. The standard InChI is InChI=1S/C15H27N5O2.HI/c1-3-16-15(17-9-5-8-14(21)22-4-2)18-10-6-12-20-13-7-11-19-20;/h7,11,13H,3-6,8-10,12H2,1-2H3,(H2,16,17,18);1H. The summed E-state index contributed by atoms with van der Waals surface area (Å²) in [6, 6.07) is 1.92. The number of carbonyl (C=O) groups excluding carboxylic acids is 1. The van der Waals surface area contributed by atoms with Crippen LogP contribution in [0.15, 0.2) is 23.5 Å². The van der Waals surface area contributed by atoms with Crippen molar-refractivity contribution >= 4 is 35.9 Å². The number of nitrogens with one attached hydrogen (secondary N) is 2. The fourth-order valence-electron chi connectivity index (χ4n) is 1.87. The Labute approximate surface area is 155 Å². The summed E-state index contributed by atoms with van der Waals surface area (Å²) < 4.78 is 6.79. The highest BCUT2D eigenvalue weighted by atomic mass is 127. The number of halogens is 1. The first-order valence-corrected chi connectivity index (χ1v) is 7.91. The number of esters is 1. The van der Waals surface area contributed by atoms with Gasteiger partial charge in [0.2, 0.25) is 0 Å². The van der Waals surface area contributed by atoms with Gasteiger partial charge in [0.15, 0.2) is 5.96 Å². The third-order valence-electron chi connectivity index (χ3n) is 2.87. The number of nitrogens with zero attached hydrogens (tertiary/aromatic N) is 3. The Morgan fingerprint density at radius 3 is 2.78 bits per heavy atom. The van der Waals surface area contributed by atoms with Crippen LogP contribution in [-0.4, -0.2) is 48.0 Å². The van der Waals surface area contributed by atoms with Gasteiger partial charge >= 0.3 is 5.97 Å². The largest absolute Gasteiger partial charge is 0.466 e. The van der Waals surface area contributed by atoms with Crippen molar-refractivity contribution in [2.75, 3.05) is 26.2 Å². The lowest BCUT2D eigenvalue weighted by molar-refractivity contribution is -0.143. The highest BCUT2D eigenvalue weighted by Gasteiger charge is 2.02. The van der Waals surface area contributed by atoms with E-state index in [1.165, 1.54) is 0 Å². The molecular weight excluding hydrogens is 409 g/mol. The number of hydrogen-bond donors (Lipinski definition) is 2. The zero-order valence-electron chi connectivity index (χ0n) is 14.0. The van der Waals surface area contributed by atoms with Crippen LogP contribution in [0, 0.1) is 0 Å². The minimum absolute atomic E-state index is 0. The van der Waals surface area contributed by atoms with Crippen molar-refractivity contribution in [3.05, 3.63) is 18.5 Å². The fourth-order valence-corrected chi connectivity index (χ4v) is 1.87. The number of guanidine groups is 1. The van der Waals surface area contributed by atoms with Crippen LogP contribution < -0.4 is 10.6 Å². The van der Waals surface area contributed by atoms with E-state index >= 15 is 0 Å². The predicted molar refractivity (Wildman–Crippen MR) is 102 cm³/mol. The number of aromatic nitrogens is 2. The number of ether oxygens (including phenoxy) is 1. The van der Waals surface area contributed by atoms with Gasteiger partial charge < -0.3 is 15.4 Å². The zero-order valence-corrected chi connectivity index (χ0v) is 16.3. The van der Waals surface area contributed by atoms with Gasteiger partial charge in [-0.25, -0.2) is 0 Å². The number of aryl methyl sites for hydroxylation is 1. The van der Waals surface area contributed by atoms with Gasteiger partial charge in [0, 0.05) is 45.0 Å². The van der Waals surface area contributed by atoms with Gasteiger partial charge in [0.1, 0.15) is 0 Å². The molecule has 0 amide bonds. The fraction of sp³-hybridized carbons (Fsp3) is 0.667. The third kappa shape index (κ3) is 10.9. The molecule has 0 spiro atoms. The van der Waals surface area contributed by atoms with E-state index < -0.39 is 0 Å². The van der Waals surface area contributed by atoms with Gasteiger partial charge in [-0.2, -0.15) is 5.10 Å². The summed E-state index contributed by atoms with van der Waals surface area (Å²) in [7, 11) is 0. The van der Waals surface area contributed by atoms with Gasteiger partial charge in [-0.1, -0.05) is 0 Å².